The maximum Gasteiger partial charge on any atom is 0.253 e. The molecule has 4 rings (SSSR count). The zero-order valence-corrected chi connectivity index (χ0v) is 15.6. The van der Waals surface area contributed by atoms with E-state index in [1.165, 1.54) is 0 Å². The minimum absolute atomic E-state index is 0.104. The molecule has 1 aromatic heterocycles. The van der Waals surface area contributed by atoms with Gasteiger partial charge in [0.05, 0.1) is 17.6 Å². The number of benzene rings is 2. The van der Waals surface area contributed by atoms with Crippen LogP contribution < -0.4 is 0 Å². The standard InChI is InChI=1S/C22H20ClN3O/c23-19-8-4-7-18(13-19)21-15-24-14-20(25-21)16-9-11-26(12-10-16)22(27)17-5-2-1-3-6-17/h1-8,13-16H,9-12H2. The second kappa shape index (κ2) is 7.89. The van der Waals surface area contributed by atoms with Crippen LogP contribution in [0.5, 0.6) is 0 Å². The largest absolute Gasteiger partial charge is 0.339 e. The lowest BCUT2D eigenvalue weighted by molar-refractivity contribution is 0.0712. The molecule has 4 nitrogen and oxygen atoms in total. The number of hydrogen-bond donors (Lipinski definition) is 0. The van der Waals surface area contributed by atoms with Crippen molar-refractivity contribution in [2.24, 2.45) is 0 Å². The van der Waals surface area contributed by atoms with E-state index in [1.54, 1.807) is 6.20 Å². The average molecular weight is 378 g/mol. The van der Waals surface area contributed by atoms with Gasteiger partial charge in [-0.2, -0.15) is 0 Å². The molecule has 1 aliphatic rings. The van der Waals surface area contributed by atoms with Crippen LogP contribution >= 0.6 is 11.6 Å². The number of carbonyl (C=O) groups excluding carboxylic acids is 1. The number of hydrogen-bond acceptors (Lipinski definition) is 3. The molecule has 3 aromatic rings. The number of rotatable bonds is 3. The Morgan fingerprint density at radius 2 is 1.78 bits per heavy atom. The number of likely N-dealkylation sites (tertiary alicyclic amines) is 1. The van der Waals surface area contributed by atoms with Crippen LogP contribution in [0.3, 0.4) is 0 Å². The molecule has 1 amide bonds. The summed E-state index contributed by atoms with van der Waals surface area (Å²) in [6.07, 6.45) is 5.40. The lowest BCUT2D eigenvalue weighted by atomic mass is 9.93. The van der Waals surface area contributed by atoms with Gasteiger partial charge >= 0.3 is 0 Å². The molecule has 0 aliphatic carbocycles. The molecule has 1 fully saturated rings. The number of halogens is 1. The topological polar surface area (TPSA) is 46.1 Å². The molecule has 2 heterocycles. The van der Waals surface area contributed by atoms with Gasteiger partial charge in [0, 0.05) is 41.4 Å². The fraction of sp³-hybridized carbons (Fsp3) is 0.227. The highest BCUT2D eigenvalue weighted by atomic mass is 35.5. The fourth-order valence-corrected chi connectivity index (χ4v) is 3.70. The molecular weight excluding hydrogens is 358 g/mol. The van der Waals surface area contributed by atoms with Crippen LogP contribution in [0.15, 0.2) is 67.0 Å². The van der Waals surface area contributed by atoms with Gasteiger partial charge in [-0.15, -0.1) is 0 Å². The highest BCUT2D eigenvalue weighted by molar-refractivity contribution is 6.30. The van der Waals surface area contributed by atoms with Crippen molar-refractivity contribution >= 4 is 17.5 Å². The summed E-state index contributed by atoms with van der Waals surface area (Å²) < 4.78 is 0. The summed E-state index contributed by atoms with van der Waals surface area (Å²) in [4.78, 5) is 23.7. The Bertz CT molecular complexity index is 937. The van der Waals surface area contributed by atoms with Crippen LogP contribution in [0.4, 0.5) is 0 Å². The van der Waals surface area contributed by atoms with Crippen LogP contribution in [0.1, 0.15) is 34.8 Å². The predicted molar refractivity (Wildman–Crippen MR) is 107 cm³/mol. The molecule has 1 aliphatic heterocycles. The molecule has 0 bridgehead atoms. The molecular formula is C22H20ClN3O. The van der Waals surface area contributed by atoms with E-state index in [1.807, 2.05) is 65.7 Å². The maximum atomic E-state index is 12.6. The third-order valence-electron chi connectivity index (χ3n) is 4.99. The molecule has 136 valence electrons. The Kier molecular flexibility index (Phi) is 5.16. The van der Waals surface area contributed by atoms with Crippen molar-refractivity contribution in [2.45, 2.75) is 18.8 Å². The molecule has 0 unspecified atom stereocenters. The van der Waals surface area contributed by atoms with Crippen molar-refractivity contribution in [3.8, 4) is 11.3 Å². The molecule has 2 aromatic carbocycles. The summed E-state index contributed by atoms with van der Waals surface area (Å²) in [6, 6.07) is 17.1. The van der Waals surface area contributed by atoms with Gasteiger partial charge in [-0.25, -0.2) is 4.98 Å². The van der Waals surface area contributed by atoms with Gasteiger partial charge in [0.1, 0.15) is 0 Å². The Hall–Kier alpha value is -2.72. The van der Waals surface area contributed by atoms with Crippen LogP contribution in [-0.2, 0) is 0 Å². The van der Waals surface area contributed by atoms with Crippen molar-refractivity contribution in [1.82, 2.24) is 14.9 Å². The molecule has 5 heteroatoms. The van der Waals surface area contributed by atoms with Crippen molar-refractivity contribution in [1.29, 1.82) is 0 Å². The minimum Gasteiger partial charge on any atom is -0.339 e. The molecule has 1 saturated heterocycles. The molecule has 0 saturated carbocycles. The SMILES string of the molecule is O=C(c1ccccc1)N1CCC(c2cncc(-c3cccc(Cl)c3)n2)CC1. The minimum atomic E-state index is 0.104. The van der Waals surface area contributed by atoms with Gasteiger partial charge in [0.15, 0.2) is 0 Å². The summed E-state index contributed by atoms with van der Waals surface area (Å²) >= 11 is 6.09. The van der Waals surface area contributed by atoms with Crippen LogP contribution in [-0.4, -0.2) is 33.9 Å². The zero-order chi connectivity index (χ0) is 18.6. The van der Waals surface area contributed by atoms with Gasteiger partial charge in [0.25, 0.3) is 5.91 Å². The third-order valence-corrected chi connectivity index (χ3v) is 5.23. The zero-order valence-electron chi connectivity index (χ0n) is 14.9. The Labute approximate surface area is 163 Å². The van der Waals surface area contributed by atoms with E-state index in [0.717, 1.165) is 48.4 Å². The van der Waals surface area contributed by atoms with Gasteiger partial charge in [-0.05, 0) is 37.1 Å². The average Bonchev–Trinajstić information content (AvgIpc) is 2.74. The highest BCUT2D eigenvalue weighted by Crippen LogP contribution is 2.29. The predicted octanol–water partition coefficient (Wildman–Crippen LogP) is 4.82. The molecule has 27 heavy (non-hydrogen) atoms. The number of nitrogens with zero attached hydrogens (tertiary/aromatic N) is 3. The molecule has 0 atom stereocenters. The second-order valence-electron chi connectivity index (χ2n) is 6.77. The first kappa shape index (κ1) is 17.7. The van der Waals surface area contributed by atoms with Gasteiger partial charge in [-0.1, -0.05) is 41.9 Å². The molecule has 0 N–H and O–H groups in total. The maximum absolute atomic E-state index is 12.6. The third kappa shape index (κ3) is 4.01. The van der Waals surface area contributed by atoms with E-state index >= 15 is 0 Å². The van der Waals surface area contributed by atoms with Gasteiger partial charge in [-0.3, -0.25) is 9.78 Å². The monoisotopic (exact) mass is 377 g/mol. The van der Waals surface area contributed by atoms with Crippen LogP contribution in [0.2, 0.25) is 5.02 Å². The van der Waals surface area contributed by atoms with Gasteiger partial charge in [0.2, 0.25) is 0 Å². The van der Waals surface area contributed by atoms with E-state index in [9.17, 15) is 4.79 Å². The van der Waals surface area contributed by atoms with E-state index < -0.39 is 0 Å². The van der Waals surface area contributed by atoms with Crippen LogP contribution in [0.25, 0.3) is 11.3 Å². The van der Waals surface area contributed by atoms with E-state index in [-0.39, 0.29) is 5.91 Å². The first-order valence-corrected chi connectivity index (χ1v) is 9.51. The Morgan fingerprint density at radius 1 is 1.00 bits per heavy atom. The molecule has 0 radical (unpaired) electrons. The number of aromatic nitrogens is 2. The van der Waals surface area contributed by atoms with E-state index in [2.05, 4.69) is 4.98 Å². The first-order chi connectivity index (χ1) is 13.2. The lowest BCUT2D eigenvalue weighted by Gasteiger charge is -2.31. The van der Waals surface area contributed by atoms with E-state index in [4.69, 9.17) is 16.6 Å². The second-order valence-corrected chi connectivity index (χ2v) is 7.21. The quantitative estimate of drug-likeness (QED) is 0.657. The number of amides is 1. The van der Waals surface area contributed by atoms with E-state index in [0.29, 0.717) is 10.9 Å². The number of piperidine rings is 1. The molecule has 0 spiro atoms. The van der Waals surface area contributed by atoms with Crippen molar-refractivity contribution in [3.05, 3.63) is 83.3 Å². The van der Waals surface area contributed by atoms with Crippen molar-refractivity contribution in [2.75, 3.05) is 13.1 Å². The van der Waals surface area contributed by atoms with Gasteiger partial charge < -0.3 is 4.90 Å². The van der Waals surface area contributed by atoms with Crippen LogP contribution in [0, 0.1) is 0 Å². The normalized spacial score (nSPS) is 14.9. The lowest BCUT2D eigenvalue weighted by Crippen LogP contribution is -2.38. The summed E-state index contributed by atoms with van der Waals surface area (Å²) in [5, 5.41) is 0.687. The highest BCUT2D eigenvalue weighted by Gasteiger charge is 2.25. The summed E-state index contributed by atoms with van der Waals surface area (Å²) in [7, 11) is 0. The summed E-state index contributed by atoms with van der Waals surface area (Å²) in [5.41, 5.74) is 3.53. The number of carbonyl (C=O) groups is 1. The summed E-state index contributed by atoms with van der Waals surface area (Å²) in [6.45, 7) is 1.48. The smallest absolute Gasteiger partial charge is 0.253 e. The Morgan fingerprint density at radius 3 is 2.52 bits per heavy atom. The first-order valence-electron chi connectivity index (χ1n) is 9.13. The van der Waals surface area contributed by atoms with Crippen molar-refractivity contribution in [3.63, 3.8) is 0 Å². The Balaban J connectivity index is 1.46. The van der Waals surface area contributed by atoms with Crippen molar-refractivity contribution < 1.29 is 4.79 Å². The summed E-state index contributed by atoms with van der Waals surface area (Å²) in [5.74, 6) is 0.421. The fourth-order valence-electron chi connectivity index (χ4n) is 3.51.